The first-order valence-electron chi connectivity index (χ1n) is 2.24. The van der Waals surface area contributed by atoms with Crippen molar-refractivity contribution in [2.45, 2.75) is 13.8 Å². The topological polar surface area (TPSA) is 141 Å². The Balaban J connectivity index is -0.0000000231. The van der Waals surface area contributed by atoms with Crippen LogP contribution in [0.4, 0.5) is 0 Å². The molecule has 0 spiro atoms. The van der Waals surface area contributed by atoms with Crippen LogP contribution >= 0.6 is 0 Å². The van der Waals surface area contributed by atoms with E-state index >= 15 is 0 Å². The van der Waals surface area contributed by atoms with Gasteiger partial charge in [0.15, 0.2) is 0 Å². The Bertz CT molecular complexity index is 139. The summed E-state index contributed by atoms with van der Waals surface area (Å²) in [5, 5.41) is 26.2. The van der Waals surface area contributed by atoms with Crippen LogP contribution in [-0.2, 0) is 49.5 Å². The molecule has 0 atom stereocenters. The molecule has 0 saturated heterocycles. The molecule has 0 aromatic carbocycles. The van der Waals surface area contributed by atoms with Crippen molar-refractivity contribution >= 4 is 24.6 Å². The van der Waals surface area contributed by atoms with Gasteiger partial charge >= 0.3 is 27.3 Å². The second kappa shape index (κ2) is 30.0. The molecule has 0 aromatic heterocycles. The molecule has 0 unspecified atom stereocenters. The molecular formula is C5H10CdN2O4S. The third-order valence-electron chi connectivity index (χ3n) is 0. The van der Waals surface area contributed by atoms with E-state index in [0.717, 1.165) is 13.8 Å². The Kier molecular flexibility index (Phi) is 67.7. The average molecular weight is 307 g/mol. The van der Waals surface area contributed by atoms with Crippen LogP contribution in [0, 0.1) is 10.7 Å². The van der Waals surface area contributed by atoms with Crippen molar-refractivity contribution in [3.63, 3.8) is 0 Å². The smallest absolute Gasteiger partial charge is 0.696 e. The predicted molar refractivity (Wildman–Crippen MR) is 40.3 cm³/mol. The Hall–Kier alpha value is -0.468. The van der Waals surface area contributed by atoms with E-state index in [4.69, 9.17) is 25.1 Å². The minimum Gasteiger partial charge on any atom is -0.696 e. The first-order chi connectivity index (χ1) is 4.88. The molecule has 0 rings (SSSR count). The van der Waals surface area contributed by atoms with Gasteiger partial charge in [-0.05, 0) is 13.8 Å². The number of rotatable bonds is 0. The first kappa shape index (κ1) is 29.4. The van der Waals surface area contributed by atoms with Crippen LogP contribution in [0.1, 0.15) is 13.8 Å². The van der Waals surface area contributed by atoms with Crippen molar-refractivity contribution in [1.29, 1.82) is 5.26 Å². The van der Waals surface area contributed by atoms with E-state index in [1.54, 1.807) is 0 Å². The monoisotopic (exact) mass is 308 g/mol. The van der Waals surface area contributed by atoms with Gasteiger partial charge < -0.3 is 38.6 Å². The number of thiocyanates is 1. The van der Waals surface area contributed by atoms with Gasteiger partial charge in [0.25, 0.3) is 0 Å². The third-order valence-corrected chi connectivity index (χ3v) is 0. The van der Waals surface area contributed by atoms with E-state index in [9.17, 15) is 0 Å². The molecule has 0 heterocycles. The SMILES string of the molecule is CC(=O)[O-].CC(=O)[O-].N#C[S-].[Cd+2].[NH4+]. The molecule has 0 fully saturated rings. The first-order valence-corrected chi connectivity index (χ1v) is 2.65. The predicted octanol–water partition coefficient (Wildman–Crippen LogP) is -2.10. The number of aliphatic carboxylic acids is 2. The van der Waals surface area contributed by atoms with Gasteiger partial charge in [-0.25, -0.2) is 5.26 Å². The van der Waals surface area contributed by atoms with E-state index in [0.29, 0.717) is 0 Å². The van der Waals surface area contributed by atoms with Crippen molar-refractivity contribution in [3.05, 3.63) is 0 Å². The fraction of sp³-hybridized carbons (Fsp3) is 0.400. The molecule has 4 N–H and O–H groups in total. The number of nitrogens with zero attached hydrogens (tertiary/aromatic N) is 1. The molecule has 0 radical (unpaired) electrons. The van der Waals surface area contributed by atoms with Crippen LogP contribution in [0.3, 0.4) is 0 Å². The summed E-state index contributed by atoms with van der Waals surface area (Å²) < 4.78 is 0. The zero-order valence-electron chi connectivity index (χ0n) is 7.70. The normalized spacial score (nSPS) is 4.38. The number of carboxylic acids is 2. The molecule has 0 saturated carbocycles. The van der Waals surface area contributed by atoms with E-state index in [1.807, 2.05) is 0 Å². The Labute approximate surface area is 102 Å². The fourth-order valence-electron chi connectivity index (χ4n) is 0. The summed E-state index contributed by atoms with van der Waals surface area (Å²) in [6.07, 6.45) is 0. The van der Waals surface area contributed by atoms with Crippen molar-refractivity contribution in [3.8, 4) is 5.40 Å². The van der Waals surface area contributed by atoms with Gasteiger partial charge in [-0.15, -0.1) is 0 Å². The molecule has 0 amide bonds. The van der Waals surface area contributed by atoms with Crippen molar-refractivity contribution in [2.24, 2.45) is 0 Å². The number of carbonyl (C=O) groups excluding carboxylic acids is 2. The maximum absolute atomic E-state index is 8.89. The number of nitriles is 1. The third kappa shape index (κ3) is 4790. The summed E-state index contributed by atoms with van der Waals surface area (Å²) in [4.78, 5) is 17.8. The molecule has 0 aliphatic carbocycles. The van der Waals surface area contributed by atoms with Crippen LogP contribution in [0.25, 0.3) is 0 Å². The summed E-state index contributed by atoms with van der Waals surface area (Å²) in [6, 6.07) is 0. The number of hydrogen-bond donors (Lipinski definition) is 1. The van der Waals surface area contributed by atoms with Crippen molar-refractivity contribution in [2.75, 3.05) is 0 Å². The van der Waals surface area contributed by atoms with Crippen LogP contribution in [0.5, 0.6) is 0 Å². The molecule has 0 aromatic rings. The van der Waals surface area contributed by atoms with Crippen LogP contribution in [-0.4, -0.2) is 11.9 Å². The van der Waals surface area contributed by atoms with E-state index in [1.165, 1.54) is 5.40 Å². The molecule has 0 aliphatic rings. The standard InChI is InChI=1S/2C2H4O2.CHNS.Cd.H3N/c2*1-2(3)4;2-1-3;;/h2*1H3,(H,3,4);3H;;1H3/q;;;+2;/p-2. The van der Waals surface area contributed by atoms with Crippen LogP contribution in [0.15, 0.2) is 0 Å². The van der Waals surface area contributed by atoms with Crippen LogP contribution in [0.2, 0.25) is 0 Å². The molecular weight excluding hydrogens is 297 g/mol. The van der Waals surface area contributed by atoms with Gasteiger partial charge in [-0.2, -0.15) is 0 Å². The quantitative estimate of drug-likeness (QED) is 0.309. The summed E-state index contributed by atoms with van der Waals surface area (Å²) in [7, 11) is 0. The maximum atomic E-state index is 8.89. The van der Waals surface area contributed by atoms with Gasteiger partial charge in [-0.3, -0.25) is 0 Å². The molecule has 72 valence electrons. The van der Waals surface area contributed by atoms with E-state index in [2.05, 4.69) is 12.6 Å². The molecule has 0 aliphatic heterocycles. The molecule has 6 nitrogen and oxygen atoms in total. The van der Waals surface area contributed by atoms with Crippen LogP contribution < -0.4 is 16.4 Å². The van der Waals surface area contributed by atoms with Gasteiger partial charge in [-0.1, -0.05) is 5.40 Å². The fourth-order valence-corrected chi connectivity index (χ4v) is 0. The van der Waals surface area contributed by atoms with E-state index < -0.39 is 11.9 Å². The largest absolute Gasteiger partial charge is 2.00 e. The number of carboxylic acid groups (broad SMARTS) is 2. The Morgan fingerprint density at radius 1 is 1.23 bits per heavy atom. The summed E-state index contributed by atoms with van der Waals surface area (Å²) in [5.41, 5.74) is 0. The van der Waals surface area contributed by atoms with Crippen molar-refractivity contribution in [1.82, 2.24) is 6.15 Å². The second-order valence-corrected chi connectivity index (χ2v) is 1.26. The minimum atomic E-state index is -1.08. The number of quaternary nitrogens is 1. The van der Waals surface area contributed by atoms with Gasteiger partial charge in [0.1, 0.15) is 0 Å². The number of hydrogen-bond acceptors (Lipinski definition) is 6. The van der Waals surface area contributed by atoms with Gasteiger partial charge in [0, 0.05) is 11.9 Å². The minimum absolute atomic E-state index is 0. The van der Waals surface area contributed by atoms with Crippen molar-refractivity contribution < 1.29 is 47.1 Å². The van der Waals surface area contributed by atoms with Gasteiger partial charge in [0.2, 0.25) is 0 Å². The number of carbonyl (C=O) groups is 2. The molecule has 13 heavy (non-hydrogen) atoms. The zero-order chi connectivity index (χ0) is 9.86. The maximum Gasteiger partial charge on any atom is 2.00 e. The summed E-state index contributed by atoms with van der Waals surface area (Å²) >= 11 is 3.70. The van der Waals surface area contributed by atoms with E-state index in [-0.39, 0.29) is 33.4 Å². The summed E-state index contributed by atoms with van der Waals surface area (Å²) in [5.74, 6) is -2.17. The van der Waals surface area contributed by atoms with Gasteiger partial charge in [0.05, 0.1) is 0 Å². The summed E-state index contributed by atoms with van der Waals surface area (Å²) in [6.45, 7) is 1.94. The zero-order valence-corrected chi connectivity index (χ0v) is 12.5. The molecule has 8 heteroatoms. The Morgan fingerprint density at radius 3 is 1.23 bits per heavy atom. The second-order valence-electron chi connectivity index (χ2n) is 1.07. The molecule has 0 bridgehead atoms. The average Bonchev–Trinajstić information content (AvgIpc) is 1.60. The Morgan fingerprint density at radius 2 is 1.23 bits per heavy atom.